The fourth-order valence-electron chi connectivity index (χ4n) is 2.73. The van der Waals surface area contributed by atoms with Crippen LogP contribution in [0.15, 0.2) is 55.0 Å². The number of hydrogen-bond donors (Lipinski definition) is 1. The van der Waals surface area contributed by atoms with Crippen LogP contribution in [0.2, 0.25) is 0 Å². The smallest absolute Gasteiger partial charge is 0.418 e. The zero-order valence-corrected chi connectivity index (χ0v) is 13.9. The van der Waals surface area contributed by atoms with E-state index >= 15 is 0 Å². The largest absolute Gasteiger partial charge is 0.497 e. The molecule has 3 aromatic rings. The second-order valence-electron chi connectivity index (χ2n) is 5.68. The van der Waals surface area contributed by atoms with Gasteiger partial charge in [-0.1, -0.05) is 12.1 Å². The van der Waals surface area contributed by atoms with Gasteiger partial charge >= 0.3 is 6.18 Å². The number of nitrogens with zero attached hydrogens (tertiary/aromatic N) is 2. The third-order valence-electron chi connectivity index (χ3n) is 3.98. The maximum absolute atomic E-state index is 13.9. The Bertz CT molecular complexity index is 894. The zero-order chi connectivity index (χ0) is 18.7. The molecule has 0 aliphatic heterocycles. The number of halogens is 3. The van der Waals surface area contributed by atoms with Crippen molar-refractivity contribution < 1.29 is 17.9 Å². The van der Waals surface area contributed by atoms with Gasteiger partial charge in [0.2, 0.25) is 0 Å². The van der Waals surface area contributed by atoms with Crippen molar-refractivity contribution in [2.75, 3.05) is 12.8 Å². The number of nitrogens with two attached hydrogens (primary N) is 1. The Hall–Kier alpha value is -3.09. The Morgan fingerprint density at radius 3 is 2.38 bits per heavy atom. The number of methoxy groups -OCH3 is 1. The first-order valence-corrected chi connectivity index (χ1v) is 7.78. The van der Waals surface area contributed by atoms with Crippen LogP contribution in [0.3, 0.4) is 0 Å². The predicted octanol–water partition coefficient (Wildman–Crippen LogP) is 4.34. The number of nitrogen functional groups attached to an aromatic ring is 1. The number of ether oxygens (including phenoxy) is 1. The SMILES string of the molecule is COc1ccc(Cc2c(N)cnc(-c3cccnc3)c2C(F)(F)F)cc1. The summed E-state index contributed by atoms with van der Waals surface area (Å²) in [6.07, 6.45) is -0.469. The van der Waals surface area contributed by atoms with Crippen LogP contribution in [0.5, 0.6) is 5.75 Å². The van der Waals surface area contributed by atoms with E-state index in [4.69, 9.17) is 10.5 Å². The van der Waals surface area contributed by atoms with Crippen molar-refractivity contribution in [2.45, 2.75) is 12.6 Å². The van der Waals surface area contributed by atoms with Crippen LogP contribution in [0, 0.1) is 0 Å². The molecule has 2 heterocycles. The molecule has 3 rings (SSSR count). The summed E-state index contributed by atoms with van der Waals surface area (Å²) in [5.41, 5.74) is 5.83. The first-order chi connectivity index (χ1) is 12.4. The third-order valence-corrected chi connectivity index (χ3v) is 3.98. The second kappa shape index (κ2) is 7.03. The van der Waals surface area contributed by atoms with Gasteiger partial charge in [-0.15, -0.1) is 0 Å². The molecule has 4 nitrogen and oxygen atoms in total. The molecule has 7 heteroatoms. The van der Waals surface area contributed by atoms with E-state index in [-0.39, 0.29) is 28.9 Å². The van der Waals surface area contributed by atoms with E-state index in [1.807, 2.05) is 0 Å². The Morgan fingerprint density at radius 2 is 1.81 bits per heavy atom. The summed E-state index contributed by atoms with van der Waals surface area (Å²) in [5.74, 6) is 0.628. The van der Waals surface area contributed by atoms with E-state index in [0.29, 0.717) is 11.3 Å². The van der Waals surface area contributed by atoms with Gasteiger partial charge in [-0.3, -0.25) is 9.97 Å². The summed E-state index contributed by atoms with van der Waals surface area (Å²) < 4.78 is 46.7. The number of aromatic nitrogens is 2. The normalized spacial score (nSPS) is 11.4. The average molecular weight is 359 g/mol. The molecule has 0 unspecified atom stereocenters. The minimum absolute atomic E-state index is 0.000725. The number of anilines is 1. The minimum atomic E-state index is -4.60. The highest BCUT2D eigenvalue weighted by Crippen LogP contribution is 2.40. The molecule has 0 saturated carbocycles. The van der Waals surface area contributed by atoms with Crippen LogP contribution in [-0.4, -0.2) is 17.1 Å². The van der Waals surface area contributed by atoms with Crippen LogP contribution in [-0.2, 0) is 12.6 Å². The lowest BCUT2D eigenvalue weighted by Gasteiger charge is -2.18. The van der Waals surface area contributed by atoms with Crippen LogP contribution in [0.1, 0.15) is 16.7 Å². The average Bonchev–Trinajstić information content (AvgIpc) is 2.63. The van der Waals surface area contributed by atoms with Crippen molar-refractivity contribution in [3.8, 4) is 17.0 Å². The van der Waals surface area contributed by atoms with Crippen molar-refractivity contribution in [1.29, 1.82) is 0 Å². The summed E-state index contributed by atoms with van der Waals surface area (Å²) >= 11 is 0. The lowest BCUT2D eigenvalue weighted by atomic mass is 9.95. The fourth-order valence-corrected chi connectivity index (χ4v) is 2.73. The summed E-state index contributed by atoms with van der Waals surface area (Å²) in [6, 6.07) is 9.92. The van der Waals surface area contributed by atoms with Crippen molar-refractivity contribution in [1.82, 2.24) is 9.97 Å². The fraction of sp³-hybridized carbons (Fsp3) is 0.158. The van der Waals surface area contributed by atoms with E-state index in [2.05, 4.69) is 9.97 Å². The molecular weight excluding hydrogens is 343 g/mol. The van der Waals surface area contributed by atoms with Crippen LogP contribution >= 0.6 is 0 Å². The first kappa shape index (κ1) is 17.7. The first-order valence-electron chi connectivity index (χ1n) is 7.78. The molecule has 2 N–H and O–H groups in total. The number of benzene rings is 1. The molecule has 0 spiro atoms. The van der Waals surface area contributed by atoms with E-state index in [9.17, 15) is 13.2 Å². The van der Waals surface area contributed by atoms with Crippen molar-refractivity contribution in [3.05, 3.63) is 71.7 Å². The molecule has 0 amide bonds. The molecule has 0 fully saturated rings. The number of rotatable bonds is 4. The van der Waals surface area contributed by atoms with Gasteiger partial charge in [0.25, 0.3) is 0 Å². The maximum atomic E-state index is 13.9. The summed E-state index contributed by atoms with van der Waals surface area (Å²) in [4.78, 5) is 7.83. The van der Waals surface area contributed by atoms with Gasteiger partial charge in [0.05, 0.1) is 30.3 Å². The molecule has 0 saturated heterocycles. The Kier molecular flexibility index (Phi) is 4.79. The lowest BCUT2D eigenvalue weighted by molar-refractivity contribution is -0.137. The highest BCUT2D eigenvalue weighted by atomic mass is 19.4. The van der Waals surface area contributed by atoms with Gasteiger partial charge in [0.15, 0.2) is 0 Å². The summed E-state index contributed by atoms with van der Waals surface area (Å²) in [7, 11) is 1.53. The van der Waals surface area contributed by atoms with Crippen molar-refractivity contribution in [2.24, 2.45) is 0 Å². The van der Waals surface area contributed by atoms with E-state index < -0.39 is 11.7 Å². The van der Waals surface area contributed by atoms with E-state index in [1.165, 1.54) is 31.8 Å². The number of pyridine rings is 2. The molecule has 134 valence electrons. The molecule has 26 heavy (non-hydrogen) atoms. The highest BCUT2D eigenvalue weighted by molar-refractivity contribution is 5.69. The van der Waals surface area contributed by atoms with Gasteiger partial charge < -0.3 is 10.5 Å². The molecular formula is C19H16F3N3O. The van der Waals surface area contributed by atoms with Gasteiger partial charge in [-0.25, -0.2) is 0 Å². The van der Waals surface area contributed by atoms with Crippen LogP contribution in [0.4, 0.5) is 18.9 Å². The summed E-state index contributed by atoms with van der Waals surface area (Å²) in [6.45, 7) is 0. The Labute approximate surface area is 148 Å². The van der Waals surface area contributed by atoms with Crippen molar-refractivity contribution >= 4 is 5.69 Å². The van der Waals surface area contributed by atoms with Gasteiger partial charge in [-0.2, -0.15) is 13.2 Å². The number of alkyl halides is 3. The molecule has 2 aromatic heterocycles. The standard InChI is InChI=1S/C19H16F3N3O/c1-26-14-6-4-12(5-7-14)9-15-16(23)11-25-18(17(15)19(20,21)22)13-3-2-8-24-10-13/h2-8,10-11H,9,23H2,1H3. The van der Waals surface area contributed by atoms with Crippen molar-refractivity contribution in [3.63, 3.8) is 0 Å². The zero-order valence-electron chi connectivity index (χ0n) is 13.9. The van der Waals surface area contributed by atoms with E-state index in [0.717, 1.165) is 0 Å². The quantitative estimate of drug-likeness (QED) is 0.753. The van der Waals surface area contributed by atoms with Crippen LogP contribution in [0.25, 0.3) is 11.3 Å². The maximum Gasteiger partial charge on any atom is 0.418 e. The molecule has 0 aliphatic carbocycles. The number of hydrogen-bond acceptors (Lipinski definition) is 4. The second-order valence-corrected chi connectivity index (χ2v) is 5.68. The Morgan fingerprint density at radius 1 is 1.08 bits per heavy atom. The van der Waals surface area contributed by atoms with Gasteiger partial charge in [0.1, 0.15) is 5.75 Å². The molecule has 0 atom stereocenters. The Balaban J connectivity index is 2.14. The van der Waals surface area contributed by atoms with Gasteiger partial charge in [0, 0.05) is 24.4 Å². The topological polar surface area (TPSA) is 61.0 Å². The molecule has 0 aliphatic rings. The summed E-state index contributed by atoms with van der Waals surface area (Å²) in [5, 5.41) is 0. The van der Waals surface area contributed by atoms with Crippen LogP contribution < -0.4 is 10.5 Å². The van der Waals surface area contributed by atoms with Gasteiger partial charge in [-0.05, 0) is 35.4 Å². The minimum Gasteiger partial charge on any atom is -0.497 e. The highest BCUT2D eigenvalue weighted by Gasteiger charge is 2.38. The molecule has 0 radical (unpaired) electrons. The molecule has 1 aromatic carbocycles. The monoisotopic (exact) mass is 359 g/mol. The predicted molar refractivity (Wildman–Crippen MR) is 92.7 cm³/mol. The molecule has 0 bridgehead atoms. The third kappa shape index (κ3) is 3.61. The van der Waals surface area contributed by atoms with E-state index in [1.54, 1.807) is 30.3 Å². The lowest BCUT2D eigenvalue weighted by Crippen LogP contribution is -2.15.